The second kappa shape index (κ2) is 6.19. The van der Waals surface area contributed by atoms with Crippen molar-refractivity contribution in [2.45, 2.75) is 51.9 Å². The molecular formula is C17H23BFNO4S. The maximum absolute atomic E-state index is 14.9. The molecular weight excluding hydrogens is 344 g/mol. The number of amides is 1. The summed E-state index contributed by atoms with van der Waals surface area (Å²) in [6, 6.07) is 3.42. The normalized spacial score (nSPS) is 23.5. The number of β-amino-alcohol motifs (C(OH)–C–C–N with tert-alkyl or cyclic N) is 1. The topological polar surface area (TPSA) is 59.0 Å². The zero-order chi connectivity index (χ0) is 18.6. The van der Waals surface area contributed by atoms with Crippen LogP contribution >= 0.6 is 11.3 Å². The van der Waals surface area contributed by atoms with Gasteiger partial charge >= 0.3 is 7.12 Å². The number of hydrogen-bond acceptors (Lipinski definition) is 5. The Hall–Kier alpha value is -1.22. The molecule has 1 aromatic rings. The zero-order valence-corrected chi connectivity index (χ0v) is 15.9. The van der Waals surface area contributed by atoms with Crippen molar-refractivity contribution in [3.05, 3.63) is 27.6 Å². The Kier molecular flexibility index (Phi) is 4.60. The van der Waals surface area contributed by atoms with E-state index in [1.54, 1.807) is 24.0 Å². The number of allylic oxidation sites excluding steroid dienone is 1. The molecule has 2 aliphatic heterocycles. The second-order valence-corrected chi connectivity index (χ2v) is 8.67. The van der Waals surface area contributed by atoms with Gasteiger partial charge in [0.1, 0.15) is 5.73 Å². The molecule has 0 saturated carbocycles. The summed E-state index contributed by atoms with van der Waals surface area (Å²) in [5.74, 6) is -0.134. The minimum Gasteiger partial charge on any atom is -0.398 e. The molecule has 25 heavy (non-hydrogen) atoms. The Labute approximate surface area is 151 Å². The minimum atomic E-state index is -1.04. The lowest BCUT2D eigenvalue weighted by molar-refractivity contribution is 0.00578. The van der Waals surface area contributed by atoms with Crippen LogP contribution in [0.5, 0.6) is 0 Å². The molecule has 2 saturated heterocycles. The zero-order valence-electron chi connectivity index (χ0n) is 15.1. The lowest BCUT2D eigenvalue weighted by Gasteiger charge is -2.35. The van der Waals surface area contributed by atoms with Gasteiger partial charge in [-0.15, -0.1) is 11.3 Å². The number of nitrogens with zero attached hydrogens (tertiary/aromatic N) is 1. The summed E-state index contributed by atoms with van der Waals surface area (Å²) in [6.45, 7) is 9.86. The van der Waals surface area contributed by atoms with Crippen LogP contribution in [0.15, 0.2) is 17.9 Å². The summed E-state index contributed by atoms with van der Waals surface area (Å²) < 4.78 is 26.4. The van der Waals surface area contributed by atoms with Gasteiger partial charge in [-0.2, -0.15) is 0 Å². The van der Waals surface area contributed by atoms with E-state index in [0.29, 0.717) is 28.4 Å². The number of aliphatic hydroxyl groups excluding tert-OH is 1. The number of carbonyl (C=O) groups is 1. The number of aliphatic hydroxyl groups is 1. The molecule has 5 nitrogen and oxygen atoms in total. The molecule has 2 aliphatic rings. The first-order valence-electron chi connectivity index (χ1n) is 8.31. The Morgan fingerprint density at radius 3 is 2.28 bits per heavy atom. The molecule has 2 fully saturated rings. The van der Waals surface area contributed by atoms with Crippen molar-refractivity contribution < 1.29 is 23.6 Å². The molecule has 3 heterocycles. The quantitative estimate of drug-likeness (QED) is 0.835. The van der Waals surface area contributed by atoms with Crippen LogP contribution in [0.4, 0.5) is 4.39 Å². The first-order valence-corrected chi connectivity index (χ1v) is 9.13. The van der Waals surface area contributed by atoms with Crippen molar-refractivity contribution in [3.8, 4) is 0 Å². The number of rotatable bonds is 3. The minimum absolute atomic E-state index is 0.134. The van der Waals surface area contributed by atoms with Crippen molar-refractivity contribution in [3.63, 3.8) is 0 Å². The fourth-order valence-electron chi connectivity index (χ4n) is 2.67. The fraction of sp³-hybridized carbons (Fsp3) is 0.588. The smallest absolute Gasteiger partial charge is 0.398 e. The molecule has 0 unspecified atom stereocenters. The lowest BCUT2D eigenvalue weighted by Crippen LogP contribution is -2.53. The summed E-state index contributed by atoms with van der Waals surface area (Å²) in [5, 5.41) is 9.31. The Morgan fingerprint density at radius 1 is 1.24 bits per heavy atom. The maximum atomic E-state index is 14.9. The largest absolute Gasteiger partial charge is 0.525 e. The fourth-order valence-corrected chi connectivity index (χ4v) is 3.65. The van der Waals surface area contributed by atoms with Gasteiger partial charge in [0.25, 0.3) is 5.91 Å². The van der Waals surface area contributed by atoms with Crippen LogP contribution in [0, 0.1) is 0 Å². The number of likely N-dealkylation sites (tertiary alicyclic amines) is 1. The highest BCUT2D eigenvalue weighted by Crippen LogP contribution is 2.40. The summed E-state index contributed by atoms with van der Waals surface area (Å²) in [7, 11) is -1.04. The molecule has 0 aliphatic carbocycles. The van der Waals surface area contributed by atoms with Gasteiger partial charge in [0, 0.05) is 18.0 Å². The van der Waals surface area contributed by atoms with Crippen molar-refractivity contribution in [2.75, 3.05) is 13.1 Å². The number of carbonyl (C=O) groups excluding carboxylic acids is 1. The van der Waals surface area contributed by atoms with Gasteiger partial charge in [-0.3, -0.25) is 4.79 Å². The van der Waals surface area contributed by atoms with Crippen LogP contribution in [0.25, 0.3) is 5.57 Å². The van der Waals surface area contributed by atoms with E-state index in [-0.39, 0.29) is 5.91 Å². The van der Waals surface area contributed by atoms with E-state index in [4.69, 9.17) is 9.31 Å². The van der Waals surface area contributed by atoms with Gasteiger partial charge in [0.15, 0.2) is 0 Å². The summed E-state index contributed by atoms with van der Waals surface area (Å²) in [5.41, 5.74) is -1.28. The first kappa shape index (κ1) is 18.6. The van der Waals surface area contributed by atoms with Crippen LogP contribution in [0.1, 0.15) is 49.2 Å². The van der Waals surface area contributed by atoms with E-state index in [1.165, 1.54) is 11.3 Å². The van der Waals surface area contributed by atoms with E-state index < -0.39 is 30.2 Å². The molecule has 1 amide bonds. The third-order valence-electron chi connectivity index (χ3n) is 5.15. The van der Waals surface area contributed by atoms with E-state index in [0.717, 1.165) is 0 Å². The molecule has 136 valence electrons. The van der Waals surface area contributed by atoms with Crippen LogP contribution < -0.4 is 0 Å². The van der Waals surface area contributed by atoms with E-state index >= 15 is 0 Å². The maximum Gasteiger partial charge on any atom is 0.525 e. The number of halogens is 1. The predicted molar refractivity (Wildman–Crippen MR) is 96.0 cm³/mol. The lowest BCUT2D eigenvalue weighted by atomic mass is 9.84. The van der Waals surface area contributed by atoms with Crippen LogP contribution in [0.3, 0.4) is 0 Å². The molecule has 0 bridgehead atoms. The molecule has 0 atom stereocenters. The van der Waals surface area contributed by atoms with Gasteiger partial charge in [-0.05, 0) is 52.3 Å². The Morgan fingerprint density at radius 2 is 1.76 bits per heavy atom. The van der Waals surface area contributed by atoms with E-state index in [2.05, 4.69) is 0 Å². The number of hydrogen-bond donors (Lipinski definition) is 1. The average molecular weight is 367 g/mol. The van der Waals surface area contributed by atoms with Gasteiger partial charge in [-0.1, -0.05) is 0 Å². The van der Waals surface area contributed by atoms with Gasteiger partial charge in [-0.25, -0.2) is 4.39 Å². The first-order chi connectivity index (χ1) is 11.5. The number of thiophene rings is 1. The highest BCUT2D eigenvalue weighted by molar-refractivity contribution is 7.15. The SMILES string of the molecule is CC(=C(F)B1OC(C)(C)C(C)(C)O1)c1ccc(C(=O)N2CC(O)C2)s1. The third-order valence-corrected chi connectivity index (χ3v) is 6.35. The summed E-state index contributed by atoms with van der Waals surface area (Å²) in [4.78, 5) is 15.0. The molecule has 8 heteroatoms. The Bertz CT molecular complexity index is 708. The van der Waals surface area contributed by atoms with E-state index in [9.17, 15) is 14.3 Å². The summed E-state index contributed by atoms with van der Waals surface area (Å²) in [6.07, 6.45) is -0.439. The average Bonchev–Trinajstić information content (AvgIpc) is 3.05. The van der Waals surface area contributed by atoms with Crippen LogP contribution in [0.2, 0.25) is 0 Å². The molecule has 1 aromatic heterocycles. The van der Waals surface area contributed by atoms with Crippen molar-refractivity contribution in [2.24, 2.45) is 0 Å². The monoisotopic (exact) mass is 367 g/mol. The third kappa shape index (κ3) is 3.28. The molecule has 0 aromatic carbocycles. The van der Waals surface area contributed by atoms with Crippen molar-refractivity contribution in [1.82, 2.24) is 4.90 Å². The second-order valence-electron chi connectivity index (χ2n) is 7.59. The van der Waals surface area contributed by atoms with Gasteiger partial charge in [0.05, 0.1) is 22.2 Å². The van der Waals surface area contributed by atoms with Crippen molar-refractivity contribution >= 4 is 29.9 Å². The molecule has 1 N–H and O–H groups in total. The van der Waals surface area contributed by atoms with Crippen LogP contribution in [-0.4, -0.2) is 53.4 Å². The van der Waals surface area contributed by atoms with E-state index in [1.807, 2.05) is 27.7 Å². The molecule has 0 radical (unpaired) electrons. The highest BCUT2D eigenvalue weighted by Gasteiger charge is 2.53. The molecule has 0 spiro atoms. The summed E-state index contributed by atoms with van der Waals surface area (Å²) >= 11 is 1.23. The Balaban J connectivity index is 1.78. The van der Waals surface area contributed by atoms with Gasteiger partial charge < -0.3 is 19.3 Å². The highest BCUT2D eigenvalue weighted by atomic mass is 32.1. The van der Waals surface area contributed by atoms with Crippen LogP contribution in [-0.2, 0) is 9.31 Å². The predicted octanol–water partition coefficient (Wildman–Crippen LogP) is 2.90. The van der Waals surface area contributed by atoms with Crippen molar-refractivity contribution in [1.29, 1.82) is 0 Å². The van der Waals surface area contributed by atoms with Gasteiger partial charge in [0.2, 0.25) is 0 Å². The molecule has 3 rings (SSSR count). The standard InChI is InChI=1S/C17H23BFNO4S/c1-10(14(19)18-23-16(2,3)17(4,5)24-18)12-6-7-13(25-12)15(22)20-8-11(21)9-20/h6-7,11,21H,8-9H2,1-5H3.